The molecular weight excluding hydrogens is 261 g/mol. The Morgan fingerprint density at radius 1 is 1.60 bits per heavy atom. The molecule has 0 unspecified atom stereocenters. The number of fused-ring (bicyclic) bond motifs is 1. The number of rotatable bonds is 2. The molecule has 0 spiro atoms. The van der Waals surface area contributed by atoms with Gasteiger partial charge in [-0.3, -0.25) is 14.6 Å². The van der Waals surface area contributed by atoms with Crippen LogP contribution in [0, 0.1) is 11.7 Å². The maximum atomic E-state index is 13.9. The molecule has 6 heteroatoms. The maximum Gasteiger partial charge on any atom is 0.247 e. The van der Waals surface area contributed by atoms with E-state index in [9.17, 15) is 14.0 Å². The van der Waals surface area contributed by atoms with Crippen LogP contribution in [0.25, 0.3) is 0 Å². The molecule has 1 aliphatic rings. The Bertz CT molecular complexity index is 547. The van der Waals surface area contributed by atoms with E-state index in [2.05, 4.69) is 10.3 Å². The molecule has 1 aromatic heterocycles. The third kappa shape index (κ3) is 2.50. The van der Waals surface area contributed by atoms with Gasteiger partial charge in [0.1, 0.15) is 11.9 Å². The second-order valence-corrected chi connectivity index (χ2v) is 5.11. The summed E-state index contributed by atoms with van der Waals surface area (Å²) in [6, 6.07) is -0.593. The van der Waals surface area contributed by atoms with Crippen molar-refractivity contribution in [2.24, 2.45) is 5.92 Å². The van der Waals surface area contributed by atoms with E-state index in [1.807, 2.05) is 13.8 Å². The number of pyridine rings is 1. The van der Waals surface area contributed by atoms with Gasteiger partial charge in [0.2, 0.25) is 11.8 Å². The van der Waals surface area contributed by atoms with Crippen molar-refractivity contribution in [2.75, 3.05) is 5.32 Å². The van der Waals surface area contributed by atoms with Crippen molar-refractivity contribution < 1.29 is 14.0 Å². The number of hydrogen-bond donors (Lipinski definition) is 1. The molecule has 0 saturated carbocycles. The summed E-state index contributed by atoms with van der Waals surface area (Å²) in [6.45, 7) is 5.33. The molecular formula is C14H18FN3O2. The van der Waals surface area contributed by atoms with Gasteiger partial charge < -0.3 is 10.2 Å². The number of amides is 2. The Morgan fingerprint density at radius 3 is 2.90 bits per heavy atom. The Kier molecular flexibility index (Phi) is 4.01. The van der Waals surface area contributed by atoms with Crippen molar-refractivity contribution in [2.45, 2.75) is 39.8 Å². The quantitative estimate of drug-likeness (QED) is 0.900. The van der Waals surface area contributed by atoms with Crippen LogP contribution in [0.15, 0.2) is 12.4 Å². The molecule has 0 fully saturated rings. The van der Waals surface area contributed by atoms with Crippen molar-refractivity contribution in [1.82, 2.24) is 9.88 Å². The van der Waals surface area contributed by atoms with Crippen LogP contribution in [0.3, 0.4) is 0 Å². The number of carbonyl (C=O) groups is 2. The van der Waals surface area contributed by atoms with Crippen LogP contribution in [0.4, 0.5) is 10.1 Å². The van der Waals surface area contributed by atoms with E-state index in [1.165, 1.54) is 18.0 Å². The van der Waals surface area contributed by atoms with Gasteiger partial charge >= 0.3 is 0 Å². The van der Waals surface area contributed by atoms with Gasteiger partial charge in [-0.25, -0.2) is 4.39 Å². The normalized spacial score (nSPS) is 19.9. The zero-order chi connectivity index (χ0) is 14.9. The number of nitrogens with zero attached hydrogens (tertiary/aromatic N) is 2. The molecule has 2 amide bonds. The molecule has 0 radical (unpaired) electrons. The molecule has 0 saturated heterocycles. The van der Waals surface area contributed by atoms with Gasteiger partial charge in [0.25, 0.3) is 0 Å². The summed E-state index contributed by atoms with van der Waals surface area (Å²) < 4.78 is 13.9. The van der Waals surface area contributed by atoms with Crippen LogP contribution >= 0.6 is 0 Å². The lowest BCUT2D eigenvalue weighted by Crippen LogP contribution is -2.48. The first-order valence-corrected chi connectivity index (χ1v) is 6.66. The second-order valence-electron chi connectivity index (χ2n) is 5.11. The lowest BCUT2D eigenvalue weighted by Gasteiger charge is -2.31. The van der Waals surface area contributed by atoms with Crippen LogP contribution in [0.1, 0.15) is 32.8 Å². The Balaban J connectivity index is 2.48. The molecule has 2 heterocycles. The Hall–Kier alpha value is -1.98. The van der Waals surface area contributed by atoms with Crippen molar-refractivity contribution in [1.29, 1.82) is 0 Å². The molecule has 1 aromatic rings. The van der Waals surface area contributed by atoms with Crippen molar-refractivity contribution in [3.63, 3.8) is 0 Å². The van der Waals surface area contributed by atoms with E-state index in [-0.39, 0.29) is 24.3 Å². The second kappa shape index (κ2) is 5.56. The number of halogens is 1. The Labute approximate surface area is 117 Å². The number of nitrogens with one attached hydrogen (secondary N) is 1. The molecule has 0 aromatic carbocycles. The fraction of sp³-hybridized carbons (Fsp3) is 0.500. The minimum atomic E-state index is -0.593. The highest BCUT2D eigenvalue weighted by atomic mass is 19.1. The number of carbonyl (C=O) groups excluding carboxylic acids is 2. The summed E-state index contributed by atoms with van der Waals surface area (Å²) in [6.07, 6.45) is 3.25. The SMILES string of the molecule is CC[C@H](C)[C@H]1C(=O)Nc2cncc(F)c2CN1C(C)=O. The van der Waals surface area contributed by atoms with Crippen LogP contribution in [-0.2, 0) is 16.1 Å². The third-order valence-electron chi connectivity index (χ3n) is 3.78. The molecule has 5 nitrogen and oxygen atoms in total. The van der Waals surface area contributed by atoms with Crippen LogP contribution < -0.4 is 5.32 Å². The van der Waals surface area contributed by atoms with E-state index in [0.29, 0.717) is 11.3 Å². The molecule has 108 valence electrons. The van der Waals surface area contributed by atoms with E-state index >= 15 is 0 Å². The van der Waals surface area contributed by atoms with Gasteiger partial charge in [0.05, 0.1) is 24.6 Å². The molecule has 1 aliphatic heterocycles. The molecule has 0 aliphatic carbocycles. The summed E-state index contributed by atoms with van der Waals surface area (Å²) >= 11 is 0. The first-order valence-electron chi connectivity index (χ1n) is 6.66. The van der Waals surface area contributed by atoms with Crippen molar-refractivity contribution in [3.8, 4) is 0 Å². The van der Waals surface area contributed by atoms with Crippen LogP contribution in [0.2, 0.25) is 0 Å². The maximum absolute atomic E-state index is 13.9. The topological polar surface area (TPSA) is 62.3 Å². The highest BCUT2D eigenvalue weighted by Crippen LogP contribution is 2.28. The third-order valence-corrected chi connectivity index (χ3v) is 3.78. The summed E-state index contributed by atoms with van der Waals surface area (Å²) in [5, 5.41) is 2.68. The molecule has 20 heavy (non-hydrogen) atoms. The minimum absolute atomic E-state index is 0.00997. The molecule has 0 bridgehead atoms. The largest absolute Gasteiger partial charge is 0.326 e. The van der Waals surface area contributed by atoms with Gasteiger partial charge in [0, 0.05) is 12.5 Å². The fourth-order valence-electron chi connectivity index (χ4n) is 2.44. The van der Waals surface area contributed by atoms with Crippen molar-refractivity contribution >= 4 is 17.5 Å². The summed E-state index contributed by atoms with van der Waals surface area (Å²) in [4.78, 5) is 29.4. The summed E-state index contributed by atoms with van der Waals surface area (Å²) in [7, 11) is 0. The first kappa shape index (κ1) is 14.4. The van der Waals surface area contributed by atoms with Crippen LogP contribution in [-0.4, -0.2) is 27.7 Å². The number of hydrogen-bond acceptors (Lipinski definition) is 3. The van der Waals surface area contributed by atoms with E-state index in [4.69, 9.17) is 0 Å². The molecule has 1 N–H and O–H groups in total. The minimum Gasteiger partial charge on any atom is -0.326 e. The number of aromatic nitrogens is 1. The lowest BCUT2D eigenvalue weighted by atomic mass is 9.96. The predicted octanol–water partition coefficient (Wildman–Crippen LogP) is 1.94. The zero-order valence-corrected chi connectivity index (χ0v) is 11.8. The van der Waals surface area contributed by atoms with E-state index in [0.717, 1.165) is 12.6 Å². The zero-order valence-electron chi connectivity index (χ0n) is 11.8. The standard InChI is InChI=1S/C14H18FN3O2/c1-4-8(2)13-14(20)17-12-6-16-5-11(15)10(12)7-18(13)9(3)19/h5-6,8,13H,4,7H2,1-3H3,(H,17,20)/t8-,13-/m0/s1. The number of anilines is 1. The monoisotopic (exact) mass is 279 g/mol. The Morgan fingerprint density at radius 2 is 2.30 bits per heavy atom. The predicted molar refractivity (Wildman–Crippen MR) is 72.3 cm³/mol. The fourth-order valence-corrected chi connectivity index (χ4v) is 2.44. The van der Waals surface area contributed by atoms with Gasteiger partial charge in [-0.05, 0) is 5.92 Å². The van der Waals surface area contributed by atoms with E-state index < -0.39 is 11.9 Å². The van der Waals surface area contributed by atoms with Crippen molar-refractivity contribution in [3.05, 3.63) is 23.8 Å². The first-order chi connectivity index (χ1) is 9.45. The average Bonchev–Trinajstić information content (AvgIpc) is 2.55. The van der Waals surface area contributed by atoms with Gasteiger partial charge in [-0.1, -0.05) is 20.3 Å². The van der Waals surface area contributed by atoms with Crippen LogP contribution in [0.5, 0.6) is 0 Å². The highest BCUT2D eigenvalue weighted by molar-refractivity contribution is 5.98. The molecule has 2 rings (SSSR count). The summed E-state index contributed by atoms with van der Waals surface area (Å²) in [5.74, 6) is -1.06. The van der Waals surface area contributed by atoms with E-state index in [1.54, 1.807) is 0 Å². The average molecular weight is 279 g/mol. The highest BCUT2D eigenvalue weighted by Gasteiger charge is 2.36. The van der Waals surface area contributed by atoms with Gasteiger partial charge in [-0.15, -0.1) is 0 Å². The summed E-state index contributed by atoms with van der Waals surface area (Å²) in [5.41, 5.74) is 0.640. The lowest BCUT2D eigenvalue weighted by molar-refractivity contribution is -0.139. The van der Waals surface area contributed by atoms with Gasteiger partial charge in [-0.2, -0.15) is 0 Å². The smallest absolute Gasteiger partial charge is 0.247 e. The van der Waals surface area contributed by atoms with Gasteiger partial charge in [0.15, 0.2) is 0 Å². The molecule has 2 atom stereocenters.